The first-order chi connectivity index (χ1) is 11.1. The van der Waals surface area contributed by atoms with Gasteiger partial charge < -0.3 is 4.74 Å². The van der Waals surface area contributed by atoms with Crippen molar-refractivity contribution in [2.45, 2.75) is 36.4 Å². The van der Waals surface area contributed by atoms with Crippen LogP contribution in [0.15, 0.2) is 23.1 Å². The number of esters is 1. The van der Waals surface area contributed by atoms with Gasteiger partial charge in [0.25, 0.3) is 0 Å². The predicted octanol–water partition coefficient (Wildman–Crippen LogP) is 3.08. The molecule has 2 rings (SSSR count). The van der Waals surface area contributed by atoms with E-state index < -0.39 is 38.7 Å². The minimum atomic E-state index is -4.71. The molecule has 1 aliphatic heterocycles. The second-order valence-corrected chi connectivity index (χ2v) is 7.56. The molecule has 0 bridgehead atoms. The fourth-order valence-electron chi connectivity index (χ4n) is 2.57. The highest BCUT2D eigenvalue weighted by Gasteiger charge is 2.40. The van der Waals surface area contributed by atoms with E-state index in [9.17, 15) is 26.4 Å². The molecule has 0 radical (unpaired) electrons. The van der Waals surface area contributed by atoms with Gasteiger partial charge in [-0.3, -0.25) is 4.79 Å². The lowest BCUT2D eigenvalue weighted by Gasteiger charge is -2.33. The summed E-state index contributed by atoms with van der Waals surface area (Å²) in [5.74, 6) is -0.749. The molecule has 0 saturated carbocycles. The van der Waals surface area contributed by atoms with Crippen LogP contribution < -0.4 is 0 Å². The quantitative estimate of drug-likeness (QED) is 0.750. The van der Waals surface area contributed by atoms with Crippen molar-refractivity contribution in [1.29, 1.82) is 0 Å². The van der Waals surface area contributed by atoms with E-state index in [0.717, 1.165) is 17.5 Å². The van der Waals surface area contributed by atoms with E-state index in [-0.39, 0.29) is 18.0 Å². The molecule has 10 heteroatoms. The molecule has 134 valence electrons. The molecule has 1 saturated heterocycles. The first-order valence-electron chi connectivity index (χ1n) is 7.05. The third-order valence-electron chi connectivity index (χ3n) is 3.77. The zero-order valence-corrected chi connectivity index (χ0v) is 14.2. The predicted molar refractivity (Wildman–Crippen MR) is 80.0 cm³/mol. The Morgan fingerprint density at radius 1 is 1.33 bits per heavy atom. The molecule has 1 aliphatic rings. The minimum Gasteiger partial charge on any atom is -0.468 e. The number of halogens is 4. The van der Waals surface area contributed by atoms with E-state index >= 15 is 0 Å². The topological polar surface area (TPSA) is 63.7 Å². The summed E-state index contributed by atoms with van der Waals surface area (Å²) < 4.78 is 69.6. The lowest BCUT2D eigenvalue weighted by Crippen LogP contribution is -2.48. The molecule has 1 unspecified atom stereocenters. The van der Waals surface area contributed by atoms with E-state index in [1.807, 2.05) is 0 Å². The number of hydrogen-bond acceptors (Lipinski definition) is 4. The highest BCUT2D eigenvalue weighted by Crippen LogP contribution is 2.35. The summed E-state index contributed by atoms with van der Waals surface area (Å²) in [6.07, 6.45) is -3.37. The Bertz CT molecular complexity index is 736. The maximum atomic E-state index is 12.9. The molecule has 1 atom stereocenters. The second kappa shape index (κ2) is 6.89. The average molecular weight is 386 g/mol. The zero-order chi connectivity index (χ0) is 18.1. The third-order valence-corrected chi connectivity index (χ3v) is 6.16. The Balaban J connectivity index is 2.51. The van der Waals surface area contributed by atoms with Crippen LogP contribution in [0.2, 0.25) is 5.02 Å². The number of hydrogen-bond donors (Lipinski definition) is 0. The van der Waals surface area contributed by atoms with Gasteiger partial charge in [0, 0.05) is 6.54 Å². The maximum absolute atomic E-state index is 12.9. The van der Waals surface area contributed by atoms with Gasteiger partial charge in [0.05, 0.1) is 17.7 Å². The van der Waals surface area contributed by atoms with Gasteiger partial charge >= 0.3 is 12.1 Å². The van der Waals surface area contributed by atoms with Gasteiger partial charge in [-0.25, -0.2) is 8.42 Å². The molecule has 1 aromatic rings. The Kier molecular flexibility index (Phi) is 5.46. The number of carbonyl (C=O) groups excluding carboxylic acids is 1. The normalized spacial score (nSPS) is 20.0. The number of nitrogens with zero attached hydrogens (tertiary/aromatic N) is 1. The molecular weight excluding hydrogens is 371 g/mol. The van der Waals surface area contributed by atoms with Gasteiger partial charge in [-0.05, 0) is 37.5 Å². The molecule has 1 heterocycles. The van der Waals surface area contributed by atoms with E-state index in [4.69, 9.17) is 11.6 Å². The van der Waals surface area contributed by atoms with Crippen molar-refractivity contribution in [3.8, 4) is 0 Å². The minimum absolute atomic E-state index is 0.00861. The number of sulfonamides is 1. The van der Waals surface area contributed by atoms with Crippen LogP contribution in [0.25, 0.3) is 0 Å². The average Bonchev–Trinajstić information content (AvgIpc) is 2.53. The van der Waals surface area contributed by atoms with Gasteiger partial charge in [-0.15, -0.1) is 0 Å². The van der Waals surface area contributed by atoms with Crippen LogP contribution >= 0.6 is 11.6 Å². The summed E-state index contributed by atoms with van der Waals surface area (Å²) in [5.41, 5.74) is -1.13. The Morgan fingerprint density at radius 2 is 2.00 bits per heavy atom. The van der Waals surface area contributed by atoms with Crippen molar-refractivity contribution in [2.75, 3.05) is 13.7 Å². The van der Waals surface area contributed by atoms with Crippen molar-refractivity contribution in [3.05, 3.63) is 28.8 Å². The summed E-state index contributed by atoms with van der Waals surface area (Å²) in [4.78, 5) is 11.2. The van der Waals surface area contributed by atoms with E-state index in [1.165, 1.54) is 0 Å². The molecule has 0 aliphatic carbocycles. The first kappa shape index (κ1) is 19.0. The van der Waals surface area contributed by atoms with Crippen LogP contribution in [0.5, 0.6) is 0 Å². The molecule has 1 aromatic carbocycles. The van der Waals surface area contributed by atoms with Crippen molar-refractivity contribution < 1.29 is 31.1 Å². The number of alkyl halides is 3. The standard InChI is InChI=1S/C14H15ClF3NO4S/c1-23-13(20)11-4-2-3-7-19(11)24(21,22)12-8-9(14(16,17)18)5-6-10(12)15/h5-6,8,11H,2-4,7H2,1H3. The van der Waals surface area contributed by atoms with Gasteiger partial charge in [-0.1, -0.05) is 11.6 Å². The van der Waals surface area contributed by atoms with Crippen LogP contribution in [-0.4, -0.2) is 38.4 Å². The zero-order valence-electron chi connectivity index (χ0n) is 12.6. The first-order valence-corrected chi connectivity index (χ1v) is 8.87. The van der Waals surface area contributed by atoms with Crippen LogP contribution in [0.1, 0.15) is 24.8 Å². The largest absolute Gasteiger partial charge is 0.468 e. The van der Waals surface area contributed by atoms with Crippen molar-refractivity contribution in [2.24, 2.45) is 0 Å². The highest BCUT2D eigenvalue weighted by atomic mass is 35.5. The molecular formula is C14H15ClF3NO4S. The van der Waals surface area contributed by atoms with E-state index in [1.54, 1.807) is 0 Å². The van der Waals surface area contributed by atoms with Crippen molar-refractivity contribution in [1.82, 2.24) is 4.31 Å². The number of rotatable bonds is 3. The maximum Gasteiger partial charge on any atom is 0.416 e. The van der Waals surface area contributed by atoms with Crippen molar-refractivity contribution >= 4 is 27.6 Å². The summed E-state index contributed by atoms with van der Waals surface area (Å²) >= 11 is 5.82. The number of carbonyl (C=O) groups is 1. The fourth-order valence-corrected chi connectivity index (χ4v) is 4.72. The summed E-state index contributed by atoms with van der Waals surface area (Å²) in [5, 5.41) is -0.336. The van der Waals surface area contributed by atoms with Crippen LogP contribution in [0.3, 0.4) is 0 Å². The second-order valence-electron chi connectivity index (χ2n) is 5.29. The van der Waals surface area contributed by atoms with Crippen LogP contribution in [0, 0.1) is 0 Å². The summed E-state index contributed by atoms with van der Waals surface area (Å²) in [6.45, 7) is 0.00861. The number of benzene rings is 1. The van der Waals surface area contributed by atoms with Gasteiger partial charge in [0.1, 0.15) is 10.9 Å². The van der Waals surface area contributed by atoms with Gasteiger partial charge in [0.2, 0.25) is 10.0 Å². The SMILES string of the molecule is COC(=O)C1CCCCN1S(=O)(=O)c1cc(C(F)(F)F)ccc1Cl. The Hall–Kier alpha value is -1.32. The molecule has 24 heavy (non-hydrogen) atoms. The Labute approximate surface area is 142 Å². The lowest BCUT2D eigenvalue weighted by atomic mass is 10.1. The molecule has 0 N–H and O–H groups in total. The lowest BCUT2D eigenvalue weighted by molar-refractivity contribution is -0.146. The fraction of sp³-hybridized carbons (Fsp3) is 0.500. The molecule has 0 spiro atoms. The van der Waals surface area contributed by atoms with E-state index in [2.05, 4.69) is 4.74 Å². The summed E-state index contributed by atoms with van der Waals surface area (Å²) in [6, 6.07) is 1.00. The monoisotopic (exact) mass is 385 g/mol. The number of methoxy groups -OCH3 is 1. The smallest absolute Gasteiger partial charge is 0.416 e. The van der Waals surface area contributed by atoms with Crippen LogP contribution in [0.4, 0.5) is 13.2 Å². The number of piperidine rings is 1. The third kappa shape index (κ3) is 3.68. The molecule has 0 amide bonds. The molecule has 1 fully saturated rings. The summed E-state index contributed by atoms with van der Waals surface area (Å²) in [7, 11) is -3.26. The van der Waals surface area contributed by atoms with Gasteiger partial charge in [-0.2, -0.15) is 17.5 Å². The Morgan fingerprint density at radius 3 is 2.58 bits per heavy atom. The highest BCUT2D eigenvalue weighted by molar-refractivity contribution is 7.89. The molecule has 0 aromatic heterocycles. The van der Waals surface area contributed by atoms with Gasteiger partial charge in [0.15, 0.2) is 0 Å². The van der Waals surface area contributed by atoms with Crippen molar-refractivity contribution in [3.63, 3.8) is 0 Å². The number of ether oxygens (including phenoxy) is 1. The van der Waals surface area contributed by atoms with E-state index in [0.29, 0.717) is 25.0 Å². The molecule has 5 nitrogen and oxygen atoms in total. The van der Waals surface area contributed by atoms with Crippen LogP contribution in [-0.2, 0) is 25.7 Å².